The summed E-state index contributed by atoms with van der Waals surface area (Å²) >= 11 is 0. The highest BCUT2D eigenvalue weighted by molar-refractivity contribution is 5.84. The molecular weight excluding hydrogens is 174 g/mol. The molecule has 0 rings (SSSR count). The van der Waals surface area contributed by atoms with Crippen LogP contribution < -0.4 is 5.73 Å². The first-order valence-electron chi connectivity index (χ1n) is 5.39. The van der Waals surface area contributed by atoms with Crippen molar-refractivity contribution >= 4 is 5.78 Å². The molecule has 0 amide bonds. The lowest BCUT2D eigenvalue weighted by atomic mass is 9.85. The van der Waals surface area contributed by atoms with Gasteiger partial charge < -0.3 is 5.73 Å². The standard InChI is InChI=1S/C12H23NO/c1-4-5-6-7-8-9-11(14)12(2,3)10-13/h4H,1,5-10,13H2,2-3H3. The Morgan fingerprint density at radius 2 is 2.00 bits per heavy atom. The van der Waals surface area contributed by atoms with E-state index in [9.17, 15) is 4.79 Å². The molecule has 0 fully saturated rings. The van der Waals surface area contributed by atoms with E-state index in [4.69, 9.17) is 5.73 Å². The Morgan fingerprint density at radius 3 is 2.50 bits per heavy atom. The molecule has 0 aliphatic carbocycles. The molecule has 0 aromatic rings. The number of unbranched alkanes of at least 4 members (excludes halogenated alkanes) is 3. The third kappa shape index (κ3) is 5.18. The Kier molecular flexibility index (Phi) is 6.46. The molecule has 0 spiro atoms. The van der Waals surface area contributed by atoms with Crippen LogP contribution in [0.2, 0.25) is 0 Å². The van der Waals surface area contributed by atoms with E-state index in [1.165, 1.54) is 0 Å². The molecule has 2 N–H and O–H groups in total. The van der Waals surface area contributed by atoms with Crippen LogP contribution in [0.1, 0.15) is 46.0 Å². The van der Waals surface area contributed by atoms with E-state index in [0.717, 1.165) is 25.7 Å². The Bertz CT molecular complexity index is 185. The lowest BCUT2D eigenvalue weighted by Gasteiger charge is -2.20. The minimum Gasteiger partial charge on any atom is -0.329 e. The maximum Gasteiger partial charge on any atom is 0.139 e. The molecule has 0 heterocycles. The maximum absolute atomic E-state index is 11.6. The smallest absolute Gasteiger partial charge is 0.139 e. The van der Waals surface area contributed by atoms with Crippen LogP contribution in [-0.2, 0) is 4.79 Å². The number of carbonyl (C=O) groups is 1. The summed E-state index contributed by atoms with van der Waals surface area (Å²) in [4.78, 5) is 11.6. The zero-order valence-corrected chi connectivity index (χ0v) is 9.51. The maximum atomic E-state index is 11.6. The van der Waals surface area contributed by atoms with Gasteiger partial charge in [-0.05, 0) is 19.3 Å². The zero-order chi connectivity index (χ0) is 11.0. The van der Waals surface area contributed by atoms with Crippen molar-refractivity contribution in [2.24, 2.45) is 11.1 Å². The first-order valence-corrected chi connectivity index (χ1v) is 5.39. The summed E-state index contributed by atoms with van der Waals surface area (Å²) in [7, 11) is 0. The number of Topliss-reactive ketones (excluding diaryl/α,β-unsaturated/α-hetero) is 1. The predicted molar refractivity (Wildman–Crippen MR) is 61.1 cm³/mol. The number of hydrogen-bond donors (Lipinski definition) is 1. The second kappa shape index (κ2) is 6.77. The molecule has 0 saturated carbocycles. The highest BCUT2D eigenvalue weighted by Gasteiger charge is 2.24. The second-order valence-electron chi connectivity index (χ2n) is 4.40. The monoisotopic (exact) mass is 197 g/mol. The van der Waals surface area contributed by atoms with Crippen LogP contribution in [-0.4, -0.2) is 12.3 Å². The molecule has 0 bridgehead atoms. The third-order valence-electron chi connectivity index (χ3n) is 2.58. The molecule has 14 heavy (non-hydrogen) atoms. The summed E-state index contributed by atoms with van der Waals surface area (Å²) < 4.78 is 0. The van der Waals surface area contributed by atoms with Crippen LogP contribution in [0.3, 0.4) is 0 Å². The summed E-state index contributed by atoms with van der Waals surface area (Å²) in [6.07, 6.45) is 6.87. The van der Waals surface area contributed by atoms with Crippen molar-refractivity contribution in [3.05, 3.63) is 12.7 Å². The first kappa shape index (κ1) is 13.4. The third-order valence-corrected chi connectivity index (χ3v) is 2.58. The molecule has 0 aliphatic rings. The number of hydrogen-bond acceptors (Lipinski definition) is 2. The number of rotatable bonds is 8. The van der Waals surface area contributed by atoms with Crippen molar-refractivity contribution in [2.45, 2.75) is 46.0 Å². The van der Waals surface area contributed by atoms with Gasteiger partial charge in [0, 0.05) is 18.4 Å². The molecule has 0 saturated heterocycles. The Balaban J connectivity index is 3.59. The van der Waals surface area contributed by atoms with E-state index < -0.39 is 0 Å². The van der Waals surface area contributed by atoms with E-state index in [2.05, 4.69) is 6.58 Å². The predicted octanol–water partition coefficient (Wildman–Crippen LogP) is 2.68. The molecule has 2 nitrogen and oxygen atoms in total. The fraction of sp³-hybridized carbons (Fsp3) is 0.750. The molecule has 0 aliphatic heterocycles. The quantitative estimate of drug-likeness (QED) is 0.480. The summed E-state index contributed by atoms with van der Waals surface area (Å²) in [6.45, 7) is 7.94. The summed E-state index contributed by atoms with van der Waals surface area (Å²) in [5.41, 5.74) is 5.19. The van der Waals surface area contributed by atoms with Gasteiger partial charge in [0.2, 0.25) is 0 Å². The van der Waals surface area contributed by atoms with E-state index in [1.807, 2.05) is 19.9 Å². The lowest BCUT2D eigenvalue weighted by Crippen LogP contribution is -2.32. The largest absolute Gasteiger partial charge is 0.329 e. The average molecular weight is 197 g/mol. The molecule has 0 aromatic carbocycles. The van der Waals surface area contributed by atoms with Crippen molar-refractivity contribution in [2.75, 3.05) is 6.54 Å². The molecule has 2 heteroatoms. The molecule has 0 unspecified atom stereocenters. The van der Waals surface area contributed by atoms with Crippen LogP contribution in [0.25, 0.3) is 0 Å². The molecule has 0 radical (unpaired) electrons. The van der Waals surface area contributed by atoms with Gasteiger partial charge in [-0.2, -0.15) is 0 Å². The van der Waals surface area contributed by atoms with Gasteiger partial charge in [-0.1, -0.05) is 26.3 Å². The number of ketones is 1. The minimum atomic E-state index is -0.335. The normalized spacial score (nSPS) is 11.4. The van der Waals surface area contributed by atoms with E-state index in [0.29, 0.717) is 18.7 Å². The fourth-order valence-electron chi connectivity index (χ4n) is 1.20. The average Bonchev–Trinajstić information content (AvgIpc) is 2.17. The van der Waals surface area contributed by atoms with Crippen LogP contribution in [0, 0.1) is 5.41 Å². The van der Waals surface area contributed by atoms with Gasteiger partial charge in [-0.15, -0.1) is 6.58 Å². The van der Waals surface area contributed by atoms with E-state index >= 15 is 0 Å². The van der Waals surface area contributed by atoms with Crippen LogP contribution in [0.15, 0.2) is 12.7 Å². The van der Waals surface area contributed by atoms with Gasteiger partial charge in [0.25, 0.3) is 0 Å². The molecule has 0 atom stereocenters. The van der Waals surface area contributed by atoms with Gasteiger partial charge in [0.05, 0.1) is 0 Å². The SMILES string of the molecule is C=CCCCCCC(=O)C(C)(C)CN. The Morgan fingerprint density at radius 1 is 1.36 bits per heavy atom. The Labute approximate surface area is 87.6 Å². The van der Waals surface area contributed by atoms with E-state index in [-0.39, 0.29) is 5.41 Å². The first-order chi connectivity index (χ1) is 6.54. The molecule has 0 aromatic heterocycles. The second-order valence-corrected chi connectivity index (χ2v) is 4.40. The van der Waals surface area contributed by atoms with Crippen LogP contribution in [0.4, 0.5) is 0 Å². The highest BCUT2D eigenvalue weighted by atomic mass is 16.1. The topological polar surface area (TPSA) is 43.1 Å². The van der Waals surface area contributed by atoms with Gasteiger partial charge >= 0.3 is 0 Å². The van der Waals surface area contributed by atoms with Gasteiger partial charge in [0.15, 0.2) is 0 Å². The van der Waals surface area contributed by atoms with Gasteiger partial charge in [-0.25, -0.2) is 0 Å². The van der Waals surface area contributed by atoms with Gasteiger partial charge in [-0.3, -0.25) is 4.79 Å². The number of nitrogens with two attached hydrogens (primary N) is 1. The van der Waals surface area contributed by atoms with Crippen LogP contribution in [0.5, 0.6) is 0 Å². The van der Waals surface area contributed by atoms with Crippen molar-refractivity contribution in [1.82, 2.24) is 0 Å². The highest BCUT2D eigenvalue weighted by Crippen LogP contribution is 2.18. The van der Waals surface area contributed by atoms with Crippen molar-refractivity contribution in [3.8, 4) is 0 Å². The van der Waals surface area contributed by atoms with E-state index in [1.54, 1.807) is 0 Å². The lowest BCUT2D eigenvalue weighted by molar-refractivity contribution is -0.126. The molecule has 82 valence electrons. The Hall–Kier alpha value is -0.630. The summed E-state index contributed by atoms with van der Waals surface area (Å²) in [6, 6.07) is 0. The summed E-state index contributed by atoms with van der Waals surface area (Å²) in [5, 5.41) is 0. The van der Waals surface area contributed by atoms with Crippen LogP contribution >= 0.6 is 0 Å². The summed E-state index contributed by atoms with van der Waals surface area (Å²) in [5.74, 6) is 0.290. The number of carbonyl (C=O) groups excluding carboxylic acids is 1. The van der Waals surface area contributed by atoms with Crippen molar-refractivity contribution in [1.29, 1.82) is 0 Å². The van der Waals surface area contributed by atoms with Gasteiger partial charge in [0.1, 0.15) is 5.78 Å². The van der Waals surface area contributed by atoms with Crippen molar-refractivity contribution < 1.29 is 4.79 Å². The zero-order valence-electron chi connectivity index (χ0n) is 9.51. The minimum absolute atomic E-state index is 0.290. The number of allylic oxidation sites excluding steroid dienone is 1. The fourth-order valence-corrected chi connectivity index (χ4v) is 1.20. The van der Waals surface area contributed by atoms with Crippen molar-refractivity contribution in [3.63, 3.8) is 0 Å². The molecular formula is C12H23NO.